The van der Waals surface area contributed by atoms with E-state index in [9.17, 15) is 9.18 Å². The molecule has 4 aromatic rings. The number of imidazole rings is 2. The molecule has 7 nitrogen and oxygen atoms in total. The van der Waals surface area contributed by atoms with Gasteiger partial charge in [0, 0.05) is 25.1 Å². The second kappa shape index (κ2) is 8.44. The van der Waals surface area contributed by atoms with E-state index < -0.39 is 0 Å². The predicted octanol–water partition coefficient (Wildman–Crippen LogP) is 3.08. The lowest BCUT2D eigenvalue weighted by Crippen LogP contribution is -2.32. The summed E-state index contributed by atoms with van der Waals surface area (Å²) in [6.07, 6.45) is 5.31. The number of pyridine rings is 1. The Labute approximate surface area is 173 Å². The smallest absolute Gasteiger partial charge is 0.225 e. The molecule has 1 atom stereocenters. The number of amides is 1. The quantitative estimate of drug-likeness (QED) is 0.512. The average Bonchev–Trinajstić information content (AvgIpc) is 3.31. The minimum Gasteiger partial charge on any atom is -0.349 e. The summed E-state index contributed by atoms with van der Waals surface area (Å²) in [7, 11) is 0. The molecular formula is C22H23FN6O. The van der Waals surface area contributed by atoms with E-state index in [2.05, 4.69) is 20.3 Å². The summed E-state index contributed by atoms with van der Waals surface area (Å²) in [5, 5.41) is 2.98. The Balaban J connectivity index is 1.51. The summed E-state index contributed by atoms with van der Waals surface area (Å²) in [5.74, 6) is 1.03. The molecule has 0 bridgehead atoms. The van der Waals surface area contributed by atoms with E-state index >= 15 is 0 Å². The molecule has 8 heteroatoms. The van der Waals surface area contributed by atoms with Crippen LogP contribution in [0.3, 0.4) is 0 Å². The van der Waals surface area contributed by atoms with Gasteiger partial charge in [-0.15, -0.1) is 0 Å². The van der Waals surface area contributed by atoms with Crippen LogP contribution < -0.4 is 5.32 Å². The van der Waals surface area contributed by atoms with Gasteiger partial charge in [0.1, 0.15) is 23.0 Å². The fourth-order valence-corrected chi connectivity index (χ4v) is 3.39. The van der Waals surface area contributed by atoms with Gasteiger partial charge < -0.3 is 14.5 Å². The van der Waals surface area contributed by atoms with Crippen molar-refractivity contribution in [3.63, 3.8) is 0 Å². The first-order chi connectivity index (χ1) is 14.5. The molecule has 0 aliphatic carbocycles. The topological polar surface area (TPSA) is 77.6 Å². The van der Waals surface area contributed by atoms with E-state index in [1.54, 1.807) is 24.5 Å². The zero-order valence-corrected chi connectivity index (χ0v) is 16.9. The fourth-order valence-electron chi connectivity index (χ4n) is 3.39. The van der Waals surface area contributed by atoms with Crippen molar-refractivity contribution in [2.75, 3.05) is 0 Å². The van der Waals surface area contributed by atoms with Gasteiger partial charge in [-0.2, -0.15) is 0 Å². The van der Waals surface area contributed by atoms with Gasteiger partial charge in [0.25, 0.3) is 0 Å². The van der Waals surface area contributed by atoms with Crippen molar-refractivity contribution in [2.45, 2.75) is 33.5 Å². The molecule has 30 heavy (non-hydrogen) atoms. The second-order valence-corrected chi connectivity index (χ2v) is 7.33. The van der Waals surface area contributed by atoms with Crippen LogP contribution in [0.25, 0.3) is 11.2 Å². The summed E-state index contributed by atoms with van der Waals surface area (Å²) >= 11 is 0. The first kappa shape index (κ1) is 19.8. The van der Waals surface area contributed by atoms with Crippen molar-refractivity contribution < 1.29 is 9.18 Å². The van der Waals surface area contributed by atoms with Crippen LogP contribution >= 0.6 is 0 Å². The standard InChI is InChI=1S/C22H23FN6O/c1-15(13-28-11-10-24-16(28)2)22(30)26-12-20-27-19-4-3-9-25-21(19)29(20)14-17-5-7-18(23)8-6-17/h3-11,15H,12-14H2,1-2H3,(H,26,30). The number of aromatic nitrogens is 5. The minimum atomic E-state index is -0.276. The maximum absolute atomic E-state index is 13.3. The maximum Gasteiger partial charge on any atom is 0.225 e. The van der Waals surface area contributed by atoms with Crippen LogP contribution in [0.1, 0.15) is 24.1 Å². The van der Waals surface area contributed by atoms with Gasteiger partial charge in [-0.3, -0.25) is 4.79 Å². The van der Waals surface area contributed by atoms with Crippen molar-refractivity contribution in [3.8, 4) is 0 Å². The van der Waals surface area contributed by atoms with Crippen LogP contribution in [-0.4, -0.2) is 30.0 Å². The van der Waals surface area contributed by atoms with Gasteiger partial charge in [0.2, 0.25) is 5.91 Å². The van der Waals surface area contributed by atoms with Crippen molar-refractivity contribution in [1.29, 1.82) is 0 Å². The van der Waals surface area contributed by atoms with Crippen LogP contribution in [0, 0.1) is 18.7 Å². The van der Waals surface area contributed by atoms with Gasteiger partial charge in [-0.1, -0.05) is 19.1 Å². The van der Waals surface area contributed by atoms with Crippen molar-refractivity contribution in [2.24, 2.45) is 5.92 Å². The summed E-state index contributed by atoms with van der Waals surface area (Å²) < 4.78 is 17.2. The van der Waals surface area contributed by atoms with Gasteiger partial charge in [-0.25, -0.2) is 19.3 Å². The van der Waals surface area contributed by atoms with E-state index in [1.165, 1.54) is 12.1 Å². The number of rotatable bonds is 7. The summed E-state index contributed by atoms with van der Waals surface area (Å²) in [6.45, 7) is 5.13. The van der Waals surface area contributed by atoms with E-state index in [-0.39, 0.29) is 24.2 Å². The molecule has 0 aliphatic heterocycles. The number of benzene rings is 1. The molecule has 0 saturated carbocycles. The van der Waals surface area contributed by atoms with Gasteiger partial charge in [0.05, 0.1) is 19.0 Å². The highest BCUT2D eigenvalue weighted by molar-refractivity contribution is 5.78. The van der Waals surface area contributed by atoms with Crippen molar-refractivity contribution in [3.05, 3.63) is 78.0 Å². The third-order valence-corrected chi connectivity index (χ3v) is 5.10. The second-order valence-electron chi connectivity index (χ2n) is 7.33. The molecule has 0 fully saturated rings. The fraction of sp³-hybridized carbons (Fsp3) is 0.273. The molecule has 1 N–H and O–H groups in total. The van der Waals surface area contributed by atoms with E-state index in [1.807, 2.05) is 41.3 Å². The SMILES string of the molecule is Cc1nccn1CC(C)C(=O)NCc1nc2cccnc2n1Cc1ccc(F)cc1. The van der Waals surface area contributed by atoms with Gasteiger partial charge >= 0.3 is 0 Å². The molecule has 3 heterocycles. The van der Waals surface area contributed by atoms with Crippen LogP contribution in [0.2, 0.25) is 0 Å². The third kappa shape index (κ3) is 4.22. The monoisotopic (exact) mass is 406 g/mol. The lowest BCUT2D eigenvalue weighted by Gasteiger charge is -2.14. The Hall–Kier alpha value is -3.55. The van der Waals surface area contributed by atoms with Crippen molar-refractivity contribution >= 4 is 17.1 Å². The maximum atomic E-state index is 13.3. The first-order valence-corrected chi connectivity index (χ1v) is 9.81. The van der Waals surface area contributed by atoms with E-state index in [0.717, 1.165) is 22.6 Å². The average molecular weight is 406 g/mol. The number of nitrogens with zero attached hydrogens (tertiary/aromatic N) is 5. The summed E-state index contributed by atoms with van der Waals surface area (Å²) in [4.78, 5) is 25.9. The zero-order chi connectivity index (χ0) is 21.1. The summed E-state index contributed by atoms with van der Waals surface area (Å²) in [5.41, 5.74) is 2.41. The normalized spacial score (nSPS) is 12.2. The number of fused-ring (bicyclic) bond motifs is 1. The van der Waals surface area contributed by atoms with Gasteiger partial charge in [0.15, 0.2) is 5.65 Å². The highest BCUT2D eigenvalue weighted by atomic mass is 19.1. The summed E-state index contributed by atoms with van der Waals surface area (Å²) in [6, 6.07) is 10.1. The number of nitrogens with one attached hydrogen (secondary N) is 1. The largest absolute Gasteiger partial charge is 0.349 e. The van der Waals surface area contributed by atoms with Crippen molar-refractivity contribution in [1.82, 2.24) is 29.4 Å². The highest BCUT2D eigenvalue weighted by Crippen LogP contribution is 2.16. The van der Waals surface area contributed by atoms with Gasteiger partial charge in [-0.05, 0) is 36.8 Å². The number of aryl methyl sites for hydroxylation is 1. The number of hydrogen-bond donors (Lipinski definition) is 1. The molecule has 4 rings (SSSR count). The first-order valence-electron chi connectivity index (χ1n) is 9.81. The zero-order valence-electron chi connectivity index (χ0n) is 16.9. The molecule has 0 saturated heterocycles. The van der Waals surface area contributed by atoms with E-state index in [4.69, 9.17) is 0 Å². The lowest BCUT2D eigenvalue weighted by atomic mass is 10.1. The molecule has 0 radical (unpaired) electrons. The third-order valence-electron chi connectivity index (χ3n) is 5.10. The minimum absolute atomic E-state index is 0.0588. The molecule has 1 amide bonds. The Bertz CT molecular complexity index is 1160. The number of carbonyl (C=O) groups excluding carboxylic acids is 1. The highest BCUT2D eigenvalue weighted by Gasteiger charge is 2.17. The van der Waals surface area contributed by atoms with Crippen LogP contribution in [0.15, 0.2) is 55.0 Å². The molecule has 3 aromatic heterocycles. The lowest BCUT2D eigenvalue weighted by molar-refractivity contribution is -0.125. The molecule has 0 spiro atoms. The van der Waals surface area contributed by atoms with Crippen LogP contribution in [0.4, 0.5) is 4.39 Å². The number of carbonyl (C=O) groups is 1. The molecular weight excluding hydrogens is 383 g/mol. The molecule has 1 unspecified atom stereocenters. The Kier molecular flexibility index (Phi) is 5.56. The Morgan fingerprint density at radius 2 is 1.97 bits per heavy atom. The molecule has 0 aliphatic rings. The molecule has 1 aromatic carbocycles. The Morgan fingerprint density at radius 3 is 2.70 bits per heavy atom. The molecule has 154 valence electrons. The van der Waals surface area contributed by atoms with Crippen LogP contribution in [0.5, 0.6) is 0 Å². The number of halogens is 1. The van der Waals surface area contributed by atoms with Crippen LogP contribution in [-0.2, 0) is 24.4 Å². The predicted molar refractivity (Wildman–Crippen MR) is 111 cm³/mol. The Morgan fingerprint density at radius 1 is 1.17 bits per heavy atom. The number of hydrogen-bond acceptors (Lipinski definition) is 4. The van der Waals surface area contributed by atoms with E-state index in [0.29, 0.717) is 18.9 Å².